The fraction of sp³-hybridized carbons (Fsp3) is 0.312. The number of carboxylic acids is 1. The number of carbonyl (C=O) groups is 2. The molecule has 0 unspecified atom stereocenters. The Morgan fingerprint density at radius 1 is 1.22 bits per heavy atom. The van der Waals surface area contributed by atoms with Gasteiger partial charge in [-0.3, -0.25) is 0 Å². The van der Waals surface area contributed by atoms with Crippen molar-refractivity contribution in [2.75, 3.05) is 0 Å². The quantitative estimate of drug-likeness (QED) is 0.896. The van der Waals surface area contributed by atoms with E-state index in [9.17, 15) is 14.7 Å². The van der Waals surface area contributed by atoms with Crippen LogP contribution in [0.2, 0.25) is 5.02 Å². The van der Waals surface area contributed by atoms with Gasteiger partial charge in [0.05, 0.1) is 5.69 Å². The number of carbonyl (C=O) groups excluding carboxylic acids is 1. The summed E-state index contributed by atoms with van der Waals surface area (Å²) in [6, 6.07) is 6.70. The summed E-state index contributed by atoms with van der Waals surface area (Å²) in [6.07, 6.45) is -0.738. The first kappa shape index (κ1) is 17.0. The highest BCUT2D eigenvalue weighted by atomic mass is 35.5. The lowest BCUT2D eigenvalue weighted by Gasteiger charge is -2.19. The molecule has 0 aliphatic rings. The first-order valence-corrected chi connectivity index (χ1v) is 7.30. The van der Waals surface area contributed by atoms with E-state index < -0.39 is 17.7 Å². The highest BCUT2D eigenvalue weighted by Gasteiger charge is 2.27. The van der Waals surface area contributed by atoms with Gasteiger partial charge in [0, 0.05) is 16.1 Å². The van der Waals surface area contributed by atoms with Crippen molar-refractivity contribution in [3.63, 3.8) is 0 Å². The van der Waals surface area contributed by atoms with Gasteiger partial charge in [-0.05, 0) is 39.8 Å². The average molecular weight is 337 g/mol. The van der Waals surface area contributed by atoms with Crippen LogP contribution in [0.1, 0.15) is 36.8 Å². The zero-order chi connectivity index (χ0) is 17.4. The molecular weight excluding hydrogens is 320 g/mol. The van der Waals surface area contributed by atoms with E-state index in [-0.39, 0.29) is 5.69 Å². The Morgan fingerprint density at radius 2 is 1.78 bits per heavy atom. The monoisotopic (exact) mass is 336 g/mol. The van der Waals surface area contributed by atoms with E-state index in [0.29, 0.717) is 21.8 Å². The van der Waals surface area contributed by atoms with Crippen molar-refractivity contribution < 1.29 is 19.4 Å². The molecule has 0 fully saturated rings. The van der Waals surface area contributed by atoms with E-state index in [4.69, 9.17) is 16.3 Å². The minimum atomic E-state index is -1.21. The van der Waals surface area contributed by atoms with Gasteiger partial charge in [-0.2, -0.15) is 9.78 Å². The second-order valence-corrected chi connectivity index (χ2v) is 6.46. The summed E-state index contributed by atoms with van der Waals surface area (Å²) in [5.74, 6) is -1.21. The highest BCUT2D eigenvalue weighted by Crippen LogP contribution is 2.28. The van der Waals surface area contributed by atoms with Crippen molar-refractivity contribution in [1.29, 1.82) is 0 Å². The van der Waals surface area contributed by atoms with Gasteiger partial charge in [-0.15, -0.1) is 0 Å². The molecule has 0 atom stereocenters. The van der Waals surface area contributed by atoms with E-state index in [1.807, 2.05) is 0 Å². The van der Waals surface area contributed by atoms with Crippen LogP contribution in [0, 0.1) is 6.92 Å². The summed E-state index contributed by atoms with van der Waals surface area (Å²) >= 11 is 5.88. The van der Waals surface area contributed by atoms with Gasteiger partial charge in [0.15, 0.2) is 5.69 Å². The Labute approximate surface area is 138 Å². The van der Waals surface area contributed by atoms with Gasteiger partial charge in [0.1, 0.15) is 5.60 Å². The predicted molar refractivity (Wildman–Crippen MR) is 86.0 cm³/mol. The molecule has 0 spiro atoms. The lowest BCUT2D eigenvalue weighted by atomic mass is 10.1. The van der Waals surface area contributed by atoms with Crippen molar-refractivity contribution in [3.05, 3.63) is 40.5 Å². The van der Waals surface area contributed by atoms with Gasteiger partial charge in [0.25, 0.3) is 0 Å². The lowest BCUT2D eigenvalue weighted by Crippen LogP contribution is -2.28. The number of aromatic nitrogens is 2. The largest absolute Gasteiger partial charge is 0.476 e. The number of rotatable bonds is 2. The molecule has 23 heavy (non-hydrogen) atoms. The first-order chi connectivity index (χ1) is 10.6. The van der Waals surface area contributed by atoms with Crippen molar-refractivity contribution in [3.8, 4) is 11.3 Å². The number of ether oxygens (including phenoxy) is 1. The Bertz CT molecular complexity index is 758. The molecule has 0 aliphatic carbocycles. The Kier molecular flexibility index (Phi) is 4.47. The summed E-state index contributed by atoms with van der Waals surface area (Å²) in [7, 11) is 0. The third kappa shape index (κ3) is 3.71. The molecule has 1 aromatic carbocycles. The molecule has 0 aliphatic heterocycles. The fourth-order valence-corrected chi connectivity index (χ4v) is 2.21. The van der Waals surface area contributed by atoms with Crippen LogP contribution in [0.15, 0.2) is 24.3 Å². The minimum absolute atomic E-state index is 0.194. The number of nitrogens with zero attached hydrogens (tertiary/aromatic N) is 2. The highest BCUT2D eigenvalue weighted by molar-refractivity contribution is 6.30. The van der Waals surface area contributed by atoms with Gasteiger partial charge in [-0.1, -0.05) is 23.7 Å². The van der Waals surface area contributed by atoms with Gasteiger partial charge < -0.3 is 9.84 Å². The SMILES string of the molecule is Cc1c(C(=O)O)nn(C(=O)OC(C)(C)C)c1-c1ccc(Cl)cc1. The summed E-state index contributed by atoms with van der Waals surface area (Å²) in [6.45, 7) is 6.77. The van der Waals surface area contributed by atoms with Crippen molar-refractivity contribution in [1.82, 2.24) is 9.78 Å². The molecule has 0 bridgehead atoms. The van der Waals surface area contributed by atoms with E-state index in [1.165, 1.54) is 0 Å². The molecule has 0 amide bonds. The molecule has 0 radical (unpaired) electrons. The maximum atomic E-state index is 12.4. The molecule has 7 heteroatoms. The molecule has 1 heterocycles. The van der Waals surface area contributed by atoms with E-state index in [1.54, 1.807) is 52.0 Å². The van der Waals surface area contributed by atoms with Crippen LogP contribution < -0.4 is 0 Å². The van der Waals surface area contributed by atoms with E-state index in [0.717, 1.165) is 4.68 Å². The van der Waals surface area contributed by atoms with Crippen LogP contribution in [0.4, 0.5) is 4.79 Å². The van der Waals surface area contributed by atoms with E-state index >= 15 is 0 Å². The maximum absolute atomic E-state index is 12.4. The lowest BCUT2D eigenvalue weighted by molar-refractivity contribution is 0.0516. The Balaban J connectivity index is 2.61. The molecule has 6 nitrogen and oxygen atoms in total. The van der Waals surface area contributed by atoms with Crippen LogP contribution in [0.5, 0.6) is 0 Å². The normalized spacial score (nSPS) is 11.3. The number of benzene rings is 1. The second-order valence-electron chi connectivity index (χ2n) is 6.03. The second kappa shape index (κ2) is 6.04. The molecule has 122 valence electrons. The van der Waals surface area contributed by atoms with Gasteiger partial charge in [0.2, 0.25) is 0 Å². The third-order valence-electron chi connectivity index (χ3n) is 3.01. The van der Waals surface area contributed by atoms with Crippen molar-refractivity contribution >= 4 is 23.7 Å². The molecule has 0 saturated heterocycles. The van der Waals surface area contributed by atoms with Crippen molar-refractivity contribution in [2.45, 2.75) is 33.3 Å². The van der Waals surface area contributed by atoms with E-state index in [2.05, 4.69) is 5.10 Å². The maximum Gasteiger partial charge on any atom is 0.435 e. The first-order valence-electron chi connectivity index (χ1n) is 6.92. The summed E-state index contributed by atoms with van der Waals surface area (Å²) in [5, 5.41) is 13.7. The topological polar surface area (TPSA) is 81.4 Å². The molecule has 1 aromatic heterocycles. The summed E-state index contributed by atoms with van der Waals surface area (Å²) in [5.41, 5.74) is 0.454. The molecular formula is C16H17ClN2O4. The number of aromatic carboxylic acids is 1. The van der Waals surface area contributed by atoms with Crippen LogP contribution >= 0.6 is 11.6 Å². The number of hydrogen-bond donors (Lipinski definition) is 1. The molecule has 2 rings (SSSR count). The molecule has 0 saturated carbocycles. The molecule has 2 aromatic rings. The van der Waals surface area contributed by atoms with Gasteiger partial charge >= 0.3 is 12.1 Å². The fourth-order valence-electron chi connectivity index (χ4n) is 2.08. The third-order valence-corrected chi connectivity index (χ3v) is 3.26. The number of hydrogen-bond acceptors (Lipinski definition) is 4. The number of halogens is 1. The van der Waals surface area contributed by atoms with Crippen LogP contribution in [0.3, 0.4) is 0 Å². The summed E-state index contributed by atoms with van der Waals surface area (Å²) < 4.78 is 6.28. The minimum Gasteiger partial charge on any atom is -0.476 e. The standard InChI is InChI=1S/C16H17ClN2O4/c1-9-12(14(20)21)18-19(15(22)23-16(2,3)4)13(9)10-5-7-11(17)8-6-10/h5-8H,1-4H3,(H,20,21). The van der Waals surface area contributed by atoms with Gasteiger partial charge in [-0.25, -0.2) is 9.59 Å². The van der Waals surface area contributed by atoms with Crippen LogP contribution in [0.25, 0.3) is 11.3 Å². The van der Waals surface area contributed by atoms with Crippen molar-refractivity contribution in [2.24, 2.45) is 0 Å². The zero-order valence-corrected chi connectivity index (χ0v) is 14.0. The number of carboxylic acid groups (broad SMARTS) is 1. The summed E-state index contributed by atoms with van der Waals surface area (Å²) in [4.78, 5) is 23.7. The smallest absolute Gasteiger partial charge is 0.435 e. The Hall–Kier alpha value is -2.34. The van der Waals surface area contributed by atoms with Crippen LogP contribution in [-0.4, -0.2) is 32.6 Å². The average Bonchev–Trinajstić information content (AvgIpc) is 2.76. The van der Waals surface area contributed by atoms with Crippen LogP contribution in [-0.2, 0) is 4.74 Å². The molecule has 1 N–H and O–H groups in total. The Morgan fingerprint density at radius 3 is 2.26 bits per heavy atom. The zero-order valence-electron chi connectivity index (χ0n) is 13.3. The predicted octanol–water partition coefficient (Wildman–Crippen LogP) is 3.99.